The Morgan fingerprint density at radius 2 is 1.67 bits per heavy atom. The van der Waals surface area contributed by atoms with Crippen LogP contribution in [-0.2, 0) is 0 Å². The van der Waals surface area contributed by atoms with Crippen molar-refractivity contribution < 1.29 is 9.21 Å². The van der Waals surface area contributed by atoms with Crippen LogP contribution in [0.25, 0.3) is 33.3 Å². The molecule has 0 aliphatic heterocycles. The molecule has 5 rings (SSSR count). The summed E-state index contributed by atoms with van der Waals surface area (Å²) in [5.74, 6) is 0.245. The Morgan fingerprint density at radius 3 is 2.50 bits per heavy atom. The predicted molar refractivity (Wildman–Crippen MR) is 121 cm³/mol. The van der Waals surface area contributed by atoms with Gasteiger partial charge in [0.25, 0.3) is 5.91 Å². The number of carbonyl (C=O) groups is 1. The number of amides is 1. The second-order valence-electron chi connectivity index (χ2n) is 6.85. The third-order valence-corrected chi connectivity index (χ3v) is 5.56. The summed E-state index contributed by atoms with van der Waals surface area (Å²) in [7, 11) is 0. The van der Waals surface area contributed by atoms with E-state index in [9.17, 15) is 4.79 Å². The number of hydrogen-bond donors (Lipinski definition) is 1. The van der Waals surface area contributed by atoms with E-state index in [1.165, 1.54) is 0 Å². The van der Waals surface area contributed by atoms with Crippen LogP contribution < -0.4 is 5.32 Å². The number of hydrogen-bond acceptors (Lipinski definition) is 3. The third kappa shape index (κ3) is 3.52. The van der Waals surface area contributed by atoms with E-state index in [2.05, 4.69) is 10.3 Å². The van der Waals surface area contributed by atoms with Crippen molar-refractivity contribution >= 4 is 56.7 Å². The second kappa shape index (κ2) is 7.48. The number of nitrogens with one attached hydrogen (secondary N) is 1. The monoisotopic (exact) mass is 432 g/mol. The number of carbonyl (C=O) groups excluding carboxylic acids is 1. The highest BCUT2D eigenvalue weighted by Crippen LogP contribution is 2.31. The van der Waals surface area contributed by atoms with Gasteiger partial charge in [-0.2, -0.15) is 0 Å². The van der Waals surface area contributed by atoms with Crippen LogP contribution in [0.5, 0.6) is 0 Å². The fourth-order valence-electron chi connectivity index (χ4n) is 3.29. The Bertz CT molecular complexity index is 1430. The average Bonchev–Trinajstić information content (AvgIpc) is 3.18. The molecule has 5 aromatic rings. The SMILES string of the molecule is O=C(Nc1ccc2oc(-c3ccc(Cl)c(Cl)c3)nc2c1)c1ccc2ccccc2c1. The number of oxazole rings is 1. The van der Waals surface area contributed by atoms with Crippen LogP contribution in [0.2, 0.25) is 10.0 Å². The lowest BCUT2D eigenvalue weighted by Crippen LogP contribution is -2.11. The first-order valence-corrected chi connectivity index (χ1v) is 9.98. The largest absolute Gasteiger partial charge is 0.436 e. The lowest BCUT2D eigenvalue weighted by atomic mass is 10.1. The molecule has 146 valence electrons. The molecule has 4 nitrogen and oxygen atoms in total. The average molecular weight is 433 g/mol. The Balaban J connectivity index is 1.42. The highest BCUT2D eigenvalue weighted by atomic mass is 35.5. The highest BCUT2D eigenvalue weighted by molar-refractivity contribution is 6.42. The molecular formula is C24H14Cl2N2O2. The molecule has 0 atom stereocenters. The van der Waals surface area contributed by atoms with E-state index in [1.807, 2.05) is 42.5 Å². The van der Waals surface area contributed by atoms with Crippen molar-refractivity contribution in [1.29, 1.82) is 0 Å². The number of rotatable bonds is 3. The van der Waals surface area contributed by atoms with E-state index in [0.717, 1.165) is 16.3 Å². The zero-order chi connectivity index (χ0) is 20.7. The molecule has 0 fully saturated rings. The highest BCUT2D eigenvalue weighted by Gasteiger charge is 2.12. The van der Waals surface area contributed by atoms with E-state index in [0.29, 0.717) is 38.3 Å². The van der Waals surface area contributed by atoms with E-state index < -0.39 is 0 Å². The molecule has 1 N–H and O–H groups in total. The summed E-state index contributed by atoms with van der Waals surface area (Å²) >= 11 is 12.1. The first kappa shape index (κ1) is 18.7. The lowest BCUT2D eigenvalue weighted by molar-refractivity contribution is 0.102. The first-order chi connectivity index (χ1) is 14.6. The zero-order valence-electron chi connectivity index (χ0n) is 15.5. The maximum atomic E-state index is 12.7. The number of benzene rings is 4. The van der Waals surface area contributed by atoms with Crippen molar-refractivity contribution in [3.8, 4) is 11.5 Å². The predicted octanol–water partition coefficient (Wildman–Crippen LogP) is 7.21. The molecule has 0 saturated carbocycles. The number of fused-ring (bicyclic) bond motifs is 2. The van der Waals surface area contributed by atoms with Gasteiger partial charge < -0.3 is 9.73 Å². The van der Waals surface area contributed by atoms with Crippen LogP contribution in [0.15, 0.2) is 83.3 Å². The maximum Gasteiger partial charge on any atom is 0.255 e. The van der Waals surface area contributed by atoms with Crippen LogP contribution in [0.3, 0.4) is 0 Å². The van der Waals surface area contributed by atoms with Gasteiger partial charge in [0.2, 0.25) is 5.89 Å². The minimum atomic E-state index is -0.187. The molecule has 1 aromatic heterocycles. The summed E-state index contributed by atoms with van der Waals surface area (Å²) < 4.78 is 5.82. The van der Waals surface area contributed by atoms with Crippen LogP contribution in [0.4, 0.5) is 5.69 Å². The van der Waals surface area contributed by atoms with Crippen LogP contribution in [0, 0.1) is 0 Å². The number of aromatic nitrogens is 1. The molecule has 1 amide bonds. The quantitative estimate of drug-likeness (QED) is 0.327. The lowest BCUT2D eigenvalue weighted by Gasteiger charge is -2.06. The summed E-state index contributed by atoms with van der Waals surface area (Å²) in [6, 6.07) is 24.1. The summed E-state index contributed by atoms with van der Waals surface area (Å²) in [5.41, 5.74) is 3.19. The van der Waals surface area contributed by atoms with Gasteiger partial charge in [0, 0.05) is 16.8 Å². The fourth-order valence-corrected chi connectivity index (χ4v) is 3.59. The van der Waals surface area contributed by atoms with Crippen LogP contribution >= 0.6 is 23.2 Å². The van der Waals surface area contributed by atoms with E-state index in [-0.39, 0.29) is 5.91 Å². The molecule has 4 aromatic carbocycles. The van der Waals surface area contributed by atoms with Gasteiger partial charge in [-0.1, -0.05) is 53.5 Å². The zero-order valence-corrected chi connectivity index (χ0v) is 17.0. The van der Waals surface area contributed by atoms with E-state index in [1.54, 1.807) is 36.4 Å². The van der Waals surface area contributed by atoms with E-state index in [4.69, 9.17) is 27.6 Å². The number of nitrogens with zero attached hydrogens (tertiary/aromatic N) is 1. The molecule has 0 unspecified atom stereocenters. The molecule has 0 aliphatic rings. The minimum absolute atomic E-state index is 0.187. The topological polar surface area (TPSA) is 55.1 Å². The van der Waals surface area contributed by atoms with Crippen molar-refractivity contribution in [2.24, 2.45) is 0 Å². The van der Waals surface area contributed by atoms with Crippen molar-refractivity contribution in [1.82, 2.24) is 4.98 Å². The normalized spacial score (nSPS) is 11.1. The maximum absolute atomic E-state index is 12.7. The van der Waals surface area contributed by atoms with Crippen molar-refractivity contribution in [2.45, 2.75) is 0 Å². The van der Waals surface area contributed by atoms with Gasteiger partial charge in [0.05, 0.1) is 10.0 Å². The third-order valence-electron chi connectivity index (χ3n) is 4.82. The molecule has 0 aliphatic carbocycles. The van der Waals surface area contributed by atoms with Gasteiger partial charge in [-0.15, -0.1) is 0 Å². The molecular weight excluding hydrogens is 419 g/mol. The summed E-state index contributed by atoms with van der Waals surface area (Å²) in [5, 5.41) is 5.93. The second-order valence-corrected chi connectivity index (χ2v) is 7.66. The Kier molecular flexibility index (Phi) is 4.66. The van der Waals surface area contributed by atoms with Gasteiger partial charge in [0.15, 0.2) is 5.58 Å². The van der Waals surface area contributed by atoms with Crippen molar-refractivity contribution in [3.63, 3.8) is 0 Å². The molecule has 0 spiro atoms. The molecule has 1 heterocycles. The minimum Gasteiger partial charge on any atom is -0.436 e. The molecule has 6 heteroatoms. The van der Waals surface area contributed by atoms with Crippen molar-refractivity contribution in [3.05, 3.63) is 94.5 Å². The summed E-state index contributed by atoms with van der Waals surface area (Å²) in [6.07, 6.45) is 0. The first-order valence-electron chi connectivity index (χ1n) is 9.23. The standard InChI is InChI=1S/C24H14Cl2N2O2/c25-19-9-7-17(12-20(19)26)24-28-21-13-18(8-10-22(21)30-24)27-23(29)16-6-5-14-3-1-2-4-15(14)11-16/h1-13H,(H,27,29). The molecule has 30 heavy (non-hydrogen) atoms. The number of anilines is 1. The molecule has 0 bridgehead atoms. The molecule has 0 saturated heterocycles. The smallest absolute Gasteiger partial charge is 0.255 e. The van der Waals surface area contributed by atoms with Crippen LogP contribution in [-0.4, -0.2) is 10.9 Å². The van der Waals surface area contributed by atoms with E-state index >= 15 is 0 Å². The van der Waals surface area contributed by atoms with Gasteiger partial charge in [0.1, 0.15) is 5.52 Å². The van der Waals surface area contributed by atoms with Gasteiger partial charge in [-0.05, 0) is 59.3 Å². The molecule has 0 radical (unpaired) electrons. The number of halogens is 2. The Morgan fingerprint density at radius 1 is 0.833 bits per heavy atom. The van der Waals surface area contributed by atoms with Gasteiger partial charge in [-0.3, -0.25) is 4.79 Å². The van der Waals surface area contributed by atoms with Gasteiger partial charge in [-0.25, -0.2) is 4.98 Å². The Labute approximate surface area is 182 Å². The van der Waals surface area contributed by atoms with Crippen LogP contribution in [0.1, 0.15) is 10.4 Å². The van der Waals surface area contributed by atoms with Crippen molar-refractivity contribution in [2.75, 3.05) is 5.32 Å². The summed E-state index contributed by atoms with van der Waals surface area (Å²) in [4.78, 5) is 17.2. The van der Waals surface area contributed by atoms with Gasteiger partial charge >= 0.3 is 0 Å². The fraction of sp³-hybridized carbons (Fsp3) is 0. The summed E-state index contributed by atoms with van der Waals surface area (Å²) in [6.45, 7) is 0. The Hall–Kier alpha value is -3.34.